The van der Waals surface area contributed by atoms with Crippen molar-refractivity contribution in [1.29, 1.82) is 0 Å². The van der Waals surface area contributed by atoms with Gasteiger partial charge in [-0.3, -0.25) is 4.79 Å². The predicted molar refractivity (Wildman–Crippen MR) is 68.5 cm³/mol. The van der Waals surface area contributed by atoms with Crippen molar-refractivity contribution < 1.29 is 19.7 Å². The Hall–Kier alpha value is -0.650. The van der Waals surface area contributed by atoms with Crippen molar-refractivity contribution in [3.63, 3.8) is 0 Å². The van der Waals surface area contributed by atoms with Crippen molar-refractivity contribution in [2.75, 3.05) is 13.2 Å². The van der Waals surface area contributed by atoms with Gasteiger partial charge in [-0.15, -0.1) is 0 Å². The maximum absolute atomic E-state index is 10.8. The first-order valence-electron chi connectivity index (χ1n) is 6.75. The molecule has 1 rings (SSSR count). The molecule has 0 aliphatic heterocycles. The molecule has 0 amide bonds. The van der Waals surface area contributed by atoms with Crippen LogP contribution in [0.4, 0.5) is 0 Å². The van der Waals surface area contributed by atoms with Gasteiger partial charge in [0, 0.05) is 12.6 Å². The minimum atomic E-state index is -0.682. The van der Waals surface area contributed by atoms with E-state index in [1.807, 2.05) is 13.8 Å². The lowest BCUT2D eigenvalue weighted by Gasteiger charge is -2.27. The van der Waals surface area contributed by atoms with E-state index in [1.54, 1.807) is 0 Å². The molecule has 5 heteroatoms. The Morgan fingerprint density at radius 2 is 1.94 bits per heavy atom. The molecule has 106 valence electrons. The predicted octanol–water partition coefficient (Wildman–Crippen LogP) is 1.01. The Morgan fingerprint density at radius 3 is 2.44 bits per heavy atom. The van der Waals surface area contributed by atoms with Gasteiger partial charge in [0.25, 0.3) is 0 Å². The Balaban J connectivity index is 2.12. The van der Waals surface area contributed by atoms with Gasteiger partial charge >= 0.3 is 5.97 Å². The minimum Gasteiger partial charge on any atom is -0.481 e. The molecule has 0 heterocycles. The molecule has 1 aliphatic carbocycles. The lowest BCUT2D eigenvalue weighted by molar-refractivity contribution is -0.142. The van der Waals surface area contributed by atoms with E-state index in [0.717, 1.165) is 25.7 Å². The van der Waals surface area contributed by atoms with E-state index < -0.39 is 12.1 Å². The lowest BCUT2D eigenvalue weighted by Crippen LogP contribution is -2.40. The highest BCUT2D eigenvalue weighted by atomic mass is 16.5. The molecule has 0 aromatic rings. The van der Waals surface area contributed by atoms with Crippen molar-refractivity contribution in [2.24, 2.45) is 5.92 Å². The zero-order valence-corrected chi connectivity index (χ0v) is 11.3. The van der Waals surface area contributed by atoms with E-state index in [1.165, 1.54) is 0 Å². The number of carbonyl (C=O) groups is 1. The van der Waals surface area contributed by atoms with Crippen molar-refractivity contribution >= 4 is 5.97 Å². The second-order valence-corrected chi connectivity index (χ2v) is 5.33. The average Bonchev–Trinajstić information content (AvgIpc) is 2.34. The highest BCUT2D eigenvalue weighted by Gasteiger charge is 2.25. The Bertz CT molecular complexity index is 249. The van der Waals surface area contributed by atoms with Gasteiger partial charge in [-0.1, -0.05) is 0 Å². The molecule has 1 saturated carbocycles. The number of aliphatic carboxylic acids is 1. The Morgan fingerprint density at radius 1 is 1.33 bits per heavy atom. The van der Waals surface area contributed by atoms with E-state index in [9.17, 15) is 9.90 Å². The molecule has 0 aromatic heterocycles. The summed E-state index contributed by atoms with van der Waals surface area (Å²) in [6, 6.07) is 0.328. The normalized spacial score (nSPS) is 26.2. The summed E-state index contributed by atoms with van der Waals surface area (Å²) in [5, 5.41) is 21.9. The Kier molecular flexibility index (Phi) is 6.60. The fourth-order valence-electron chi connectivity index (χ4n) is 2.21. The molecule has 0 radical (unpaired) electrons. The number of rotatable bonds is 7. The summed E-state index contributed by atoms with van der Waals surface area (Å²) >= 11 is 0. The van der Waals surface area contributed by atoms with Crippen molar-refractivity contribution in [2.45, 2.75) is 57.8 Å². The molecule has 0 spiro atoms. The molecule has 0 bridgehead atoms. The number of carboxylic acids is 1. The van der Waals surface area contributed by atoms with Crippen LogP contribution in [-0.4, -0.2) is 47.6 Å². The van der Waals surface area contributed by atoms with E-state index in [0.29, 0.717) is 19.2 Å². The zero-order valence-electron chi connectivity index (χ0n) is 11.3. The molecule has 5 nitrogen and oxygen atoms in total. The van der Waals surface area contributed by atoms with Crippen LogP contribution in [0.3, 0.4) is 0 Å². The standard InChI is InChI=1S/C13H25NO4/c1-9(2)18-8-12(15)7-14-11-5-3-10(4-6-11)13(16)17/h9-12,14-15H,3-8H2,1-2H3,(H,16,17). The number of aliphatic hydroxyl groups is 1. The number of carboxylic acid groups (broad SMARTS) is 1. The van der Waals surface area contributed by atoms with Crippen LogP contribution >= 0.6 is 0 Å². The second kappa shape index (κ2) is 7.71. The third-order valence-corrected chi connectivity index (χ3v) is 3.34. The number of aliphatic hydroxyl groups excluding tert-OH is 1. The van der Waals surface area contributed by atoms with Crippen LogP contribution in [0.2, 0.25) is 0 Å². The fraction of sp³-hybridized carbons (Fsp3) is 0.923. The average molecular weight is 259 g/mol. The van der Waals surface area contributed by atoms with Crippen molar-refractivity contribution in [1.82, 2.24) is 5.32 Å². The van der Waals surface area contributed by atoms with Gasteiger partial charge in [0.15, 0.2) is 0 Å². The molecule has 0 saturated heterocycles. The quantitative estimate of drug-likeness (QED) is 0.636. The van der Waals surface area contributed by atoms with Crippen molar-refractivity contribution in [3.05, 3.63) is 0 Å². The molecule has 1 unspecified atom stereocenters. The van der Waals surface area contributed by atoms with E-state index in [4.69, 9.17) is 9.84 Å². The van der Waals surface area contributed by atoms with Crippen LogP contribution in [0.1, 0.15) is 39.5 Å². The Labute approximate surface area is 109 Å². The fourth-order valence-corrected chi connectivity index (χ4v) is 2.21. The van der Waals surface area contributed by atoms with E-state index in [2.05, 4.69) is 5.32 Å². The maximum atomic E-state index is 10.8. The van der Waals surface area contributed by atoms with E-state index >= 15 is 0 Å². The molecule has 3 N–H and O–H groups in total. The third kappa shape index (κ3) is 5.80. The molecule has 18 heavy (non-hydrogen) atoms. The van der Waals surface area contributed by atoms with Crippen LogP contribution in [0.15, 0.2) is 0 Å². The van der Waals surface area contributed by atoms with Crippen LogP contribution < -0.4 is 5.32 Å². The zero-order chi connectivity index (χ0) is 13.5. The minimum absolute atomic E-state index is 0.130. The summed E-state index contributed by atoms with van der Waals surface area (Å²) in [6.45, 7) is 4.73. The first-order chi connectivity index (χ1) is 8.49. The number of hydrogen-bond donors (Lipinski definition) is 3. The largest absolute Gasteiger partial charge is 0.481 e. The SMILES string of the molecule is CC(C)OCC(O)CNC1CCC(C(=O)O)CC1. The molecular formula is C13H25NO4. The monoisotopic (exact) mass is 259 g/mol. The van der Waals surface area contributed by atoms with Gasteiger partial charge in [0.05, 0.1) is 24.7 Å². The molecule has 1 atom stereocenters. The second-order valence-electron chi connectivity index (χ2n) is 5.33. The first kappa shape index (κ1) is 15.4. The van der Waals surface area contributed by atoms with Gasteiger partial charge in [0.2, 0.25) is 0 Å². The van der Waals surface area contributed by atoms with Crippen LogP contribution in [0, 0.1) is 5.92 Å². The third-order valence-electron chi connectivity index (χ3n) is 3.34. The van der Waals surface area contributed by atoms with Gasteiger partial charge in [-0.25, -0.2) is 0 Å². The van der Waals surface area contributed by atoms with Gasteiger partial charge in [-0.05, 0) is 39.5 Å². The summed E-state index contributed by atoms with van der Waals surface area (Å²) in [6.07, 6.45) is 2.83. The van der Waals surface area contributed by atoms with Crippen molar-refractivity contribution in [3.8, 4) is 0 Å². The first-order valence-corrected chi connectivity index (χ1v) is 6.75. The topological polar surface area (TPSA) is 78.8 Å². The highest BCUT2D eigenvalue weighted by Crippen LogP contribution is 2.24. The maximum Gasteiger partial charge on any atom is 0.306 e. The van der Waals surface area contributed by atoms with Crippen LogP contribution in [0.25, 0.3) is 0 Å². The van der Waals surface area contributed by atoms with Gasteiger partial charge in [0.1, 0.15) is 0 Å². The molecule has 1 aliphatic rings. The number of nitrogens with one attached hydrogen (secondary N) is 1. The lowest BCUT2D eigenvalue weighted by atomic mass is 9.86. The number of hydrogen-bond acceptors (Lipinski definition) is 4. The smallest absolute Gasteiger partial charge is 0.306 e. The summed E-state index contributed by atoms with van der Waals surface area (Å²) < 4.78 is 5.32. The summed E-state index contributed by atoms with van der Waals surface area (Å²) in [5.41, 5.74) is 0. The van der Waals surface area contributed by atoms with E-state index in [-0.39, 0.29) is 12.0 Å². The van der Waals surface area contributed by atoms with Gasteiger partial charge < -0.3 is 20.3 Å². The summed E-state index contributed by atoms with van der Waals surface area (Å²) in [5.74, 6) is -0.865. The summed E-state index contributed by atoms with van der Waals surface area (Å²) in [7, 11) is 0. The molecule has 0 aromatic carbocycles. The number of ether oxygens (including phenoxy) is 1. The summed E-state index contributed by atoms with van der Waals surface area (Å²) in [4.78, 5) is 10.8. The molecule has 1 fully saturated rings. The highest BCUT2D eigenvalue weighted by molar-refractivity contribution is 5.70. The van der Waals surface area contributed by atoms with Gasteiger partial charge in [-0.2, -0.15) is 0 Å². The molecular weight excluding hydrogens is 234 g/mol. The van der Waals surface area contributed by atoms with Crippen LogP contribution in [0.5, 0.6) is 0 Å². The van der Waals surface area contributed by atoms with Crippen LogP contribution in [-0.2, 0) is 9.53 Å².